The maximum atomic E-state index is 12.2. The van der Waals surface area contributed by atoms with E-state index < -0.39 is 0 Å². The van der Waals surface area contributed by atoms with Gasteiger partial charge in [-0.1, -0.05) is 40.9 Å². The van der Waals surface area contributed by atoms with Gasteiger partial charge in [0.1, 0.15) is 5.82 Å². The average molecular weight is 348 g/mol. The number of anilines is 1. The lowest BCUT2D eigenvalue weighted by Crippen LogP contribution is -2.19. The van der Waals surface area contributed by atoms with E-state index in [1.807, 2.05) is 35.0 Å². The Morgan fingerprint density at radius 1 is 1.24 bits per heavy atom. The van der Waals surface area contributed by atoms with E-state index in [-0.39, 0.29) is 5.91 Å². The van der Waals surface area contributed by atoms with Crippen LogP contribution in [0.2, 0.25) is 0 Å². The van der Waals surface area contributed by atoms with Crippen molar-refractivity contribution in [2.75, 3.05) is 5.32 Å². The highest BCUT2D eigenvalue weighted by Crippen LogP contribution is 2.31. The molecule has 1 aliphatic carbocycles. The zero-order valence-corrected chi connectivity index (χ0v) is 13.3. The molecule has 0 saturated heterocycles. The molecular formula is C16H18BrN3O. The van der Waals surface area contributed by atoms with Crippen molar-refractivity contribution < 1.29 is 4.79 Å². The summed E-state index contributed by atoms with van der Waals surface area (Å²) in [5, 5.41) is 7.35. The van der Waals surface area contributed by atoms with Crippen molar-refractivity contribution in [2.24, 2.45) is 0 Å². The lowest BCUT2D eigenvalue weighted by Gasteiger charge is -2.14. The Kier molecular flexibility index (Phi) is 4.39. The highest BCUT2D eigenvalue weighted by molar-refractivity contribution is 9.10. The van der Waals surface area contributed by atoms with Crippen molar-refractivity contribution in [1.29, 1.82) is 0 Å². The van der Waals surface area contributed by atoms with Crippen molar-refractivity contribution in [2.45, 2.75) is 38.1 Å². The number of nitrogens with one attached hydrogen (secondary N) is 1. The lowest BCUT2D eigenvalue weighted by atomic mass is 10.1. The van der Waals surface area contributed by atoms with Crippen molar-refractivity contribution in [3.8, 4) is 0 Å². The molecule has 0 unspecified atom stereocenters. The van der Waals surface area contributed by atoms with Gasteiger partial charge in [0.25, 0.3) is 0 Å². The van der Waals surface area contributed by atoms with Gasteiger partial charge in [0.05, 0.1) is 18.7 Å². The summed E-state index contributed by atoms with van der Waals surface area (Å²) in [5.74, 6) is 0.807. The van der Waals surface area contributed by atoms with Gasteiger partial charge in [0.15, 0.2) is 0 Å². The number of aromatic nitrogens is 2. The first-order chi connectivity index (χ1) is 10.2. The second-order valence-corrected chi connectivity index (χ2v) is 6.37. The number of rotatable bonds is 4. The van der Waals surface area contributed by atoms with E-state index in [1.54, 1.807) is 6.20 Å². The second kappa shape index (κ2) is 6.43. The first-order valence-corrected chi connectivity index (χ1v) is 8.09. The van der Waals surface area contributed by atoms with Crippen LogP contribution in [0, 0.1) is 0 Å². The molecule has 1 N–H and O–H groups in total. The van der Waals surface area contributed by atoms with Gasteiger partial charge in [-0.3, -0.25) is 4.79 Å². The fourth-order valence-electron chi connectivity index (χ4n) is 2.83. The molecule has 1 aromatic heterocycles. The van der Waals surface area contributed by atoms with E-state index in [0.717, 1.165) is 28.7 Å². The molecular weight excluding hydrogens is 330 g/mol. The van der Waals surface area contributed by atoms with Crippen LogP contribution in [0.1, 0.15) is 37.3 Å². The van der Waals surface area contributed by atoms with E-state index in [1.165, 1.54) is 12.8 Å². The molecule has 1 heterocycles. The summed E-state index contributed by atoms with van der Waals surface area (Å²) in [4.78, 5) is 12.2. The summed E-state index contributed by atoms with van der Waals surface area (Å²) >= 11 is 3.40. The molecule has 1 saturated carbocycles. The molecule has 21 heavy (non-hydrogen) atoms. The third kappa shape index (κ3) is 3.53. The van der Waals surface area contributed by atoms with Crippen LogP contribution >= 0.6 is 15.9 Å². The Morgan fingerprint density at radius 2 is 1.95 bits per heavy atom. The molecule has 3 rings (SSSR count). The molecule has 1 aliphatic rings. The standard InChI is InChI=1S/C16H18BrN3O/c17-13-7-5-12(6-8-13)11-16(21)19-15-9-10-18-20(15)14-3-1-2-4-14/h5-10,14H,1-4,11H2,(H,19,21). The van der Waals surface area contributed by atoms with Gasteiger partial charge in [0.2, 0.25) is 5.91 Å². The van der Waals surface area contributed by atoms with Crippen LogP contribution in [0.25, 0.3) is 0 Å². The van der Waals surface area contributed by atoms with Crippen LogP contribution in [0.15, 0.2) is 41.0 Å². The van der Waals surface area contributed by atoms with Gasteiger partial charge in [-0.25, -0.2) is 4.68 Å². The van der Waals surface area contributed by atoms with E-state index in [4.69, 9.17) is 0 Å². The Balaban J connectivity index is 1.65. The third-order valence-corrected chi connectivity index (χ3v) is 4.41. The monoisotopic (exact) mass is 347 g/mol. The number of amides is 1. The number of hydrogen-bond acceptors (Lipinski definition) is 2. The number of hydrogen-bond donors (Lipinski definition) is 1. The highest BCUT2D eigenvalue weighted by atomic mass is 79.9. The first-order valence-electron chi connectivity index (χ1n) is 7.30. The number of halogens is 1. The summed E-state index contributed by atoms with van der Waals surface area (Å²) in [6.07, 6.45) is 6.93. The van der Waals surface area contributed by atoms with Crippen molar-refractivity contribution in [3.63, 3.8) is 0 Å². The maximum Gasteiger partial charge on any atom is 0.229 e. The molecule has 1 amide bonds. The lowest BCUT2D eigenvalue weighted by molar-refractivity contribution is -0.115. The number of carbonyl (C=O) groups excluding carboxylic acids is 1. The molecule has 110 valence electrons. The first kappa shape index (κ1) is 14.3. The fourth-order valence-corrected chi connectivity index (χ4v) is 3.09. The molecule has 4 nitrogen and oxygen atoms in total. The summed E-state index contributed by atoms with van der Waals surface area (Å²) in [5.41, 5.74) is 1.00. The number of carbonyl (C=O) groups is 1. The minimum atomic E-state index is -0.00271. The quantitative estimate of drug-likeness (QED) is 0.910. The number of nitrogens with zero attached hydrogens (tertiary/aromatic N) is 2. The maximum absolute atomic E-state index is 12.2. The van der Waals surface area contributed by atoms with Crippen LogP contribution in [-0.4, -0.2) is 15.7 Å². The van der Waals surface area contributed by atoms with Crippen molar-refractivity contribution in [3.05, 3.63) is 46.6 Å². The Hall–Kier alpha value is -1.62. The van der Waals surface area contributed by atoms with Crippen LogP contribution in [-0.2, 0) is 11.2 Å². The smallest absolute Gasteiger partial charge is 0.229 e. The van der Waals surface area contributed by atoms with Gasteiger partial charge < -0.3 is 5.32 Å². The third-order valence-electron chi connectivity index (χ3n) is 3.89. The summed E-state index contributed by atoms with van der Waals surface area (Å²) in [6, 6.07) is 10.1. The Morgan fingerprint density at radius 3 is 2.67 bits per heavy atom. The molecule has 5 heteroatoms. The number of benzene rings is 1. The fraction of sp³-hybridized carbons (Fsp3) is 0.375. The molecule has 0 atom stereocenters. The van der Waals surface area contributed by atoms with E-state index >= 15 is 0 Å². The molecule has 0 bridgehead atoms. The average Bonchev–Trinajstić information content (AvgIpc) is 3.11. The second-order valence-electron chi connectivity index (χ2n) is 5.45. The van der Waals surface area contributed by atoms with Crippen molar-refractivity contribution >= 4 is 27.7 Å². The predicted molar refractivity (Wildman–Crippen MR) is 86.2 cm³/mol. The van der Waals surface area contributed by atoms with Crippen LogP contribution in [0.4, 0.5) is 5.82 Å². The normalized spacial score (nSPS) is 15.3. The largest absolute Gasteiger partial charge is 0.311 e. The Labute approximate surface area is 132 Å². The van der Waals surface area contributed by atoms with E-state index in [0.29, 0.717) is 12.5 Å². The van der Waals surface area contributed by atoms with E-state index in [9.17, 15) is 4.79 Å². The summed E-state index contributed by atoms with van der Waals surface area (Å²) in [6.45, 7) is 0. The highest BCUT2D eigenvalue weighted by Gasteiger charge is 2.20. The van der Waals surface area contributed by atoms with Gasteiger partial charge in [-0.2, -0.15) is 5.10 Å². The Bertz CT molecular complexity index is 615. The van der Waals surface area contributed by atoms with Crippen LogP contribution < -0.4 is 5.32 Å². The van der Waals surface area contributed by atoms with E-state index in [2.05, 4.69) is 26.3 Å². The molecule has 0 aliphatic heterocycles. The van der Waals surface area contributed by atoms with Crippen LogP contribution in [0.5, 0.6) is 0 Å². The van der Waals surface area contributed by atoms with Crippen LogP contribution in [0.3, 0.4) is 0 Å². The molecule has 0 radical (unpaired) electrons. The van der Waals surface area contributed by atoms with Gasteiger partial charge in [-0.15, -0.1) is 0 Å². The minimum absolute atomic E-state index is 0.00271. The van der Waals surface area contributed by atoms with Gasteiger partial charge in [0, 0.05) is 10.5 Å². The molecule has 0 spiro atoms. The minimum Gasteiger partial charge on any atom is -0.311 e. The topological polar surface area (TPSA) is 46.9 Å². The predicted octanol–water partition coefficient (Wildman–Crippen LogP) is 3.94. The molecule has 2 aromatic rings. The molecule has 1 aromatic carbocycles. The van der Waals surface area contributed by atoms with Gasteiger partial charge >= 0.3 is 0 Å². The molecule has 1 fully saturated rings. The zero-order chi connectivity index (χ0) is 14.7. The van der Waals surface area contributed by atoms with Crippen molar-refractivity contribution in [1.82, 2.24) is 9.78 Å². The SMILES string of the molecule is O=C(Cc1ccc(Br)cc1)Nc1ccnn1C1CCCC1. The zero-order valence-electron chi connectivity index (χ0n) is 11.8. The summed E-state index contributed by atoms with van der Waals surface area (Å²) < 4.78 is 2.98. The van der Waals surface area contributed by atoms with Gasteiger partial charge in [-0.05, 0) is 30.5 Å². The summed E-state index contributed by atoms with van der Waals surface area (Å²) in [7, 11) is 0.